The summed E-state index contributed by atoms with van der Waals surface area (Å²) in [4.78, 5) is 12.5. The van der Waals surface area contributed by atoms with E-state index in [-0.39, 0.29) is 18.5 Å². The van der Waals surface area contributed by atoms with Gasteiger partial charge in [0.05, 0.1) is 18.6 Å². The minimum atomic E-state index is -0.584. The van der Waals surface area contributed by atoms with Crippen LogP contribution in [0.4, 0.5) is 0 Å². The third kappa shape index (κ3) is 5.65. The maximum atomic E-state index is 12.5. The zero-order valence-electron chi connectivity index (χ0n) is 17.6. The van der Waals surface area contributed by atoms with Crippen LogP contribution < -0.4 is 19.8 Å². The van der Waals surface area contributed by atoms with Crippen LogP contribution in [0.1, 0.15) is 47.5 Å². The fourth-order valence-electron chi connectivity index (χ4n) is 2.79. The number of hydrogen-bond donors (Lipinski definition) is 0. The van der Waals surface area contributed by atoms with Gasteiger partial charge in [0, 0.05) is 0 Å². The molecule has 1 aromatic heterocycles. The van der Waals surface area contributed by atoms with Gasteiger partial charge in [0.1, 0.15) is 6.61 Å². The third-order valence-corrected chi connectivity index (χ3v) is 4.13. The Hall–Kier alpha value is -2.69. The molecule has 28 heavy (non-hydrogen) atoms. The lowest BCUT2D eigenvalue weighted by molar-refractivity contribution is 0.240. The quantitative estimate of drug-likeness (QED) is 0.411. The molecule has 0 amide bonds. The van der Waals surface area contributed by atoms with E-state index in [0.717, 1.165) is 12.8 Å². The lowest BCUT2D eigenvalue weighted by atomic mass is 10.1. The van der Waals surface area contributed by atoms with E-state index in [1.165, 1.54) is 18.3 Å². The highest BCUT2D eigenvalue weighted by Crippen LogP contribution is 2.36. The maximum absolute atomic E-state index is 12.5. The van der Waals surface area contributed by atoms with Crippen LogP contribution in [0, 0.1) is 0 Å². The zero-order valence-corrected chi connectivity index (χ0v) is 17.6. The van der Waals surface area contributed by atoms with Crippen LogP contribution in [-0.2, 0) is 0 Å². The van der Waals surface area contributed by atoms with Gasteiger partial charge in [0.2, 0.25) is 5.75 Å². The Balaban J connectivity index is 2.27. The standard InChI is InChI=1S/C23H30O5/c1-15(2)9-7-10-17(5)13-14-26-22-21(25-6)18-11-8-12-19(27-16(3)4)20(18)28-23(22)24/h8-9,11-13,16H,7,10,14H2,1-6H3. The van der Waals surface area contributed by atoms with Gasteiger partial charge in [-0.1, -0.05) is 23.3 Å². The van der Waals surface area contributed by atoms with E-state index in [4.69, 9.17) is 18.6 Å². The molecule has 0 aliphatic carbocycles. The van der Waals surface area contributed by atoms with E-state index in [9.17, 15) is 4.79 Å². The number of allylic oxidation sites excluding steroid dienone is 3. The summed E-state index contributed by atoms with van der Waals surface area (Å²) in [5.41, 5.74) is 2.29. The number of methoxy groups -OCH3 is 1. The van der Waals surface area contributed by atoms with Crippen molar-refractivity contribution >= 4 is 11.0 Å². The Bertz CT molecular complexity index is 914. The zero-order chi connectivity index (χ0) is 20.7. The van der Waals surface area contributed by atoms with Crippen LogP contribution in [0.5, 0.6) is 17.2 Å². The summed E-state index contributed by atoms with van der Waals surface area (Å²) >= 11 is 0. The van der Waals surface area contributed by atoms with Crippen molar-refractivity contribution in [2.75, 3.05) is 13.7 Å². The van der Waals surface area contributed by atoms with Crippen molar-refractivity contribution in [1.29, 1.82) is 0 Å². The predicted octanol–water partition coefficient (Wildman–Crippen LogP) is 5.66. The topological polar surface area (TPSA) is 57.9 Å². The van der Waals surface area contributed by atoms with Crippen molar-refractivity contribution in [3.63, 3.8) is 0 Å². The highest BCUT2D eigenvalue weighted by molar-refractivity contribution is 5.89. The molecule has 1 heterocycles. The van der Waals surface area contributed by atoms with E-state index >= 15 is 0 Å². The first-order valence-electron chi connectivity index (χ1n) is 9.55. The van der Waals surface area contributed by atoms with E-state index in [1.54, 1.807) is 6.07 Å². The van der Waals surface area contributed by atoms with Crippen LogP contribution in [0.15, 0.2) is 50.7 Å². The molecule has 0 saturated heterocycles. The van der Waals surface area contributed by atoms with Crippen molar-refractivity contribution < 1.29 is 18.6 Å². The van der Waals surface area contributed by atoms with Crippen molar-refractivity contribution in [3.05, 3.63) is 51.9 Å². The molecule has 0 radical (unpaired) electrons. The Morgan fingerprint density at radius 2 is 1.89 bits per heavy atom. The molecule has 0 fully saturated rings. The monoisotopic (exact) mass is 386 g/mol. The molecule has 152 valence electrons. The van der Waals surface area contributed by atoms with Gasteiger partial charge in [0.15, 0.2) is 17.1 Å². The lowest BCUT2D eigenvalue weighted by Crippen LogP contribution is -2.11. The molecule has 5 heteroatoms. The van der Waals surface area contributed by atoms with E-state index in [2.05, 4.69) is 26.8 Å². The normalized spacial score (nSPS) is 11.6. The Morgan fingerprint density at radius 1 is 1.14 bits per heavy atom. The van der Waals surface area contributed by atoms with Gasteiger partial charge in [-0.25, -0.2) is 4.79 Å². The first kappa shape index (κ1) is 21.6. The number of rotatable bonds is 9. The molecule has 2 aromatic rings. The summed E-state index contributed by atoms with van der Waals surface area (Å²) in [6, 6.07) is 5.42. The first-order chi connectivity index (χ1) is 13.3. The molecule has 1 aromatic carbocycles. The fraction of sp³-hybridized carbons (Fsp3) is 0.435. The number of fused-ring (bicyclic) bond motifs is 1. The van der Waals surface area contributed by atoms with Gasteiger partial charge in [-0.2, -0.15) is 0 Å². The summed E-state index contributed by atoms with van der Waals surface area (Å²) in [7, 11) is 1.51. The molecule has 2 rings (SSSR count). The summed E-state index contributed by atoms with van der Waals surface area (Å²) in [5, 5.41) is 0.638. The fourth-order valence-corrected chi connectivity index (χ4v) is 2.79. The molecular formula is C23H30O5. The summed E-state index contributed by atoms with van der Waals surface area (Å²) in [6.07, 6.45) is 6.08. The van der Waals surface area contributed by atoms with Crippen LogP contribution in [0.25, 0.3) is 11.0 Å². The van der Waals surface area contributed by atoms with Crippen molar-refractivity contribution in [3.8, 4) is 17.2 Å². The highest BCUT2D eigenvalue weighted by Gasteiger charge is 2.19. The smallest absolute Gasteiger partial charge is 0.383 e. The second-order valence-corrected chi connectivity index (χ2v) is 7.23. The SMILES string of the molecule is COc1c(OCC=C(C)CCC=C(C)C)c(=O)oc2c(OC(C)C)cccc12. The lowest BCUT2D eigenvalue weighted by Gasteiger charge is -2.14. The molecule has 0 bridgehead atoms. The molecule has 0 N–H and O–H groups in total. The summed E-state index contributed by atoms with van der Waals surface area (Å²) < 4.78 is 22.4. The van der Waals surface area contributed by atoms with Crippen molar-refractivity contribution in [1.82, 2.24) is 0 Å². The number of benzene rings is 1. The maximum Gasteiger partial charge on any atom is 0.383 e. The van der Waals surface area contributed by atoms with E-state index < -0.39 is 5.63 Å². The van der Waals surface area contributed by atoms with E-state index in [0.29, 0.717) is 22.5 Å². The van der Waals surface area contributed by atoms with Gasteiger partial charge in [-0.3, -0.25) is 0 Å². The molecular weight excluding hydrogens is 356 g/mol. The second-order valence-electron chi connectivity index (χ2n) is 7.23. The van der Waals surface area contributed by atoms with Crippen LogP contribution >= 0.6 is 0 Å². The van der Waals surface area contributed by atoms with Crippen LogP contribution in [0.3, 0.4) is 0 Å². The van der Waals surface area contributed by atoms with Crippen molar-refractivity contribution in [2.24, 2.45) is 0 Å². The van der Waals surface area contributed by atoms with Crippen LogP contribution in [-0.4, -0.2) is 19.8 Å². The molecule has 0 unspecified atom stereocenters. The Kier molecular flexibility index (Phi) is 7.73. The van der Waals surface area contributed by atoms with Gasteiger partial charge < -0.3 is 18.6 Å². The van der Waals surface area contributed by atoms with Gasteiger partial charge in [0.25, 0.3) is 0 Å². The van der Waals surface area contributed by atoms with Crippen LogP contribution in [0.2, 0.25) is 0 Å². The second kappa shape index (κ2) is 10.0. The summed E-state index contributed by atoms with van der Waals surface area (Å²) in [6.45, 7) is 10.3. The van der Waals surface area contributed by atoms with Gasteiger partial charge >= 0.3 is 5.63 Å². The summed E-state index contributed by atoms with van der Waals surface area (Å²) in [5.74, 6) is 0.936. The third-order valence-electron chi connectivity index (χ3n) is 4.13. The largest absolute Gasteiger partial charge is 0.492 e. The molecule has 0 spiro atoms. The molecule has 0 aliphatic rings. The molecule has 5 nitrogen and oxygen atoms in total. The minimum Gasteiger partial charge on any atom is -0.492 e. The number of hydrogen-bond acceptors (Lipinski definition) is 5. The predicted molar refractivity (Wildman–Crippen MR) is 113 cm³/mol. The number of ether oxygens (including phenoxy) is 3. The van der Waals surface area contributed by atoms with Gasteiger partial charge in [-0.15, -0.1) is 0 Å². The van der Waals surface area contributed by atoms with E-state index in [1.807, 2.05) is 32.1 Å². The molecule has 0 aliphatic heterocycles. The van der Waals surface area contributed by atoms with Gasteiger partial charge in [-0.05, 0) is 65.7 Å². The highest BCUT2D eigenvalue weighted by atomic mass is 16.5. The average Bonchev–Trinajstić information content (AvgIpc) is 2.62. The molecule has 0 saturated carbocycles. The average molecular weight is 386 g/mol. The Morgan fingerprint density at radius 3 is 2.54 bits per heavy atom. The Labute approximate surface area is 166 Å². The van der Waals surface area contributed by atoms with Crippen molar-refractivity contribution in [2.45, 2.75) is 53.6 Å². The number of para-hydroxylation sites is 1. The first-order valence-corrected chi connectivity index (χ1v) is 9.55. The minimum absolute atomic E-state index is 0.0442. The molecule has 0 atom stereocenters.